The largest absolute Gasteiger partial charge is 0.495 e. The average molecular weight is 266 g/mol. The number of benzene rings is 1. The Balaban J connectivity index is 3.02. The Bertz CT molecular complexity index is 464. The van der Waals surface area contributed by atoms with Crippen molar-refractivity contribution < 1.29 is 4.74 Å². The van der Waals surface area contributed by atoms with Gasteiger partial charge in [0.15, 0.2) is 0 Å². The van der Waals surface area contributed by atoms with E-state index in [1.54, 1.807) is 6.07 Å². The zero-order valence-electron chi connectivity index (χ0n) is 11.2. The number of hydrogen-bond acceptors (Lipinski definition) is 2. The Hall–Kier alpha value is -1.41. The lowest BCUT2D eigenvalue weighted by atomic mass is 9.99. The van der Waals surface area contributed by atoms with E-state index >= 15 is 0 Å². The quantitative estimate of drug-likeness (QED) is 0.479. The topological polar surface area (TPSA) is 35.2 Å². The van der Waals surface area contributed by atoms with Crippen molar-refractivity contribution >= 4 is 23.4 Å². The second-order valence-electron chi connectivity index (χ2n) is 4.39. The SMILES string of the molecule is C=C(/C=C/c1cc(C(C)C)c(Cl)cc1N)OCC. The Morgan fingerprint density at radius 1 is 1.50 bits per heavy atom. The van der Waals surface area contributed by atoms with E-state index in [0.29, 0.717) is 29.0 Å². The van der Waals surface area contributed by atoms with Crippen molar-refractivity contribution in [2.45, 2.75) is 26.7 Å². The van der Waals surface area contributed by atoms with E-state index in [9.17, 15) is 0 Å². The minimum atomic E-state index is 0.361. The molecule has 0 fully saturated rings. The second kappa shape index (κ2) is 6.50. The molecule has 0 bridgehead atoms. The zero-order valence-corrected chi connectivity index (χ0v) is 11.9. The summed E-state index contributed by atoms with van der Waals surface area (Å²) in [5, 5.41) is 0.711. The summed E-state index contributed by atoms with van der Waals surface area (Å²) < 4.78 is 5.26. The van der Waals surface area contributed by atoms with Gasteiger partial charge in [-0.2, -0.15) is 0 Å². The third-order valence-corrected chi connectivity index (χ3v) is 2.93. The minimum Gasteiger partial charge on any atom is -0.495 e. The van der Waals surface area contributed by atoms with Crippen LogP contribution in [0.3, 0.4) is 0 Å². The van der Waals surface area contributed by atoms with Gasteiger partial charge in [-0.15, -0.1) is 0 Å². The van der Waals surface area contributed by atoms with Crippen LogP contribution in [0.2, 0.25) is 5.02 Å². The van der Waals surface area contributed by atoms with Gasteiger partial charge in [-0.25, -0.2) is 0 Å². The summed E-state index contributed by atoms with van der Waals surface area (Å²) in [6.07, 6.45) is 3.71. The molecule has 1 rings (SSSR count). The van der Waals surface area contributed by atoms with E-state index in [4.69, 9.17) is 22.1 Å². The molecule has 0 atom stereocenters. The molecule has 0 unspecified atom stereocenters. The lowest BCUT2D eigenvalue weighted by Crippen LogP contribution is -1.95. The molecule has 0 saturated heterocycles. The van der Waals surface area contributed by atoms with E-state index in [1.165, 1.54) is 0 Å². The smallest absolute Gasteiger partial charge is 0.112 e. The zero-order chi connectivity index (χ0) is 13.7. The number of anilines is 1. The molecule has 3 heteroatoms. The van der Waals surface area contributed by atoms with E-state index in [-0.39, 0.29) is 0 Å². The lowest BCUT2D eigenvalue weighted by Gasteiger charge is -2.11. The molecule has 0 aliphatic heterocycles. The summed E-state index contributed by atoms with van der Waals surface area (Å²) in [6, 6.07) is 3.80. The molecule has 2 N–H and O–H groups in total. The molecule has 0 saturated carbocycles. The molecule has 98 valence electrons. The van der Waals surface area contributed by atoms with E-state index in [2.05, 4.69) is 20.4 Å². The summed E-state index contributed by atoms with van der Waals surface area (Å²) in [6.45, 7) is 10.5. The number of allylic oxidation sites excluding steroid dienone is 1. The summed E-state index contributed by atoms with van der Waals surface area (Å²) in [7, 11) is 0. The van der Waals surface area contributed by atoms with Gasteiger partial charge in [0.25, 0.3) is 0 Å². The van der Waals surface area contributed by atoms with Gasteiger partial charge < -0.3 is 10.5 Å². The third-order valence-electron chi connectivity index (χ3n) is 2.60. The molecule has 0 radical (unpaired) electrons. The summed E-state index contributed by atoms with van der Waals surface area (Å²) in [5.74, 6) is 0.985. The van der Waals surface area contributed by atoms with Gasteiger partial charge in [-0.1, -0.05) is 32.0 Å². The second-order valence-corrected chi connectivity index (χ2v) is 4.80. The fourth-order valence-corrected chi connectivity index (χ4v) is 2.02. The molecular weight excluding hydrogens is 246 g/mol. The molecule has 18 heavy (non-hydrogen) atoms. The van der Waals surface area contributed by atoms with Crippen molar-refractivity contribution in [3.8, 4) is 0 Å². The van der Waals surface area contributed by atoms with Crippen LogP contribution >= 0.6 is 11.6 Å². The van der Waals surface area contributed by atoms with Gasteiger partial charge in [0, 0.05) is 10.7 Å². The summed E-state index contributed by atoms with van der Waals surface area (Å²) >= 11 is 6.16. The number of hydrogen-bond donors (Lipinski definition) is 1. The molecule has 2 nitrogen and oxygen atoms in total. The van der Waals surface area contributed by atoms with Crippen LogP contribution in [0.4, 0.5) is 5.69 Å². The van der Waals surface area contributed by atoms with Crippen LogP contribution < -0.4 is 5.73 Å². The molecular formula is C15H20ClNO. The normalized spacial score (nSPS) is 11.2. The van der Waals surface area contributed by atoms with E-state index in [1.807, 2.05) is 25.1 Å². The van der Waals surface area contributed by atoms with Crippen molar-refractivity contribution in [2.24, 2.45) is 0 Å². The molecule has 0 aliphatic carbocycles. The Kier molecular flexibility index (Phi) is 5.29. The van der Waals surface area contributed by atoms with Gasteiger partial charge in [-0.3, -0.25) is 0 Å². The highest BCUT2D eigenvalue weighted by Gasteiger charge is 2.08. The van der Waals surface area contributed by atoms with Crippen LogP contribution in [0.15, 0.2) is 30.5 Å². The van der Waals surface area contributed by atoms with Crippen LogP contribution in [-0.2, 0) is 4.74 Å². The highest BCUT2D eigenvalue weighted by molar-refractivity contribution is 6.31. The van der Waals surface area contributed by atoms with Crippen LogP contribution in [0.1, 0.15) is 37.8 Å². The van der Waals surface area contributed by atoms with Crippen LogP contribution in [-0.4, -0.2) is 6.61 Å². The van der Waals surface area contributed by atoms with Gasteiger partial charge in [0.05, 0.1) is 6.61 Å². The van der Waals surface area contributed by atoms with Gasteiger partial charge in [0.2, 0.25) is 0 Å². The summed E-state index contributed by atoms with van der Waals surface area (Å²) in [5.41, 5.74) is 8.63. The Morgan fingerprint density at radius 2 is 2.17 bits per heavy atom. The highest BCUT2D eigenvalue weighted by atomic mass is 35.5. The number of ether oxygens (including phenoxy) is 1. The van der Waals surface area contributed by atoms with Crippen LogP contribution in [0, 0.1) is 0 Å². The molecule has 0 aliphatic rings. The van der Waals surface area contributed by atoms with Crippen molar-refractivity contribution in [3.63, 3.8) is 0 Å². The molecule has 1 aromatic carbocycles. The molecule has 0 spiro atoms. The van der Waals surface area contributed by atoms with Crippen LogP contribution in [0.25, 0.3) is 6.08 Å². The highest BCUT2D eigenvalue weighted by Crippen LogP contribution is 2.29. The first-order valence-electron chi connectivity index (χ1n) is 6.04. The minimum absolute atomic E-state index is 0.361. The van der Waals surface area contributed by atoms with Gasteiger partial charge in [0.1, 0.15) is 5.76 Å². The number of rotatable bonds is 5. The van der Waals surface area contributed by atoms with Crippen LogP contribution in [0.5, 0.6) is 0 Å². The number of halogens is 1. The maximum atomic E-state index is 6.16. The molecule has 1 aromatic rings. The monoisotopic (exact) mass is 265 g/mol. The van der Waals surface area contributed by atoms with Crippen molar-refractivity contribution in [1.82, 2.24) is 0 Å². The molecule has 0 amide bonds. The number of nitrogen functional groups attached to an aromatic ring is 1. The lowest BCUT2D eigenvalue weighted by molar-refractivity contribution is 0.244. The number of nitrogens with two attached hydrogens (primary N) is 1. The standard InChI is InChI=1S/C15H20ClNO/c1-5-18-11(4)6-7-12-8-13(10(2)3)14(16)9-15(12)17/h6-10H,4-5,17H2,1-3H3/b7-6+. The van der Waals surface area contributed by atoms with Gasteiger partial charge >= 0.3 is 0 Å². The van der Waals surface area contributed by atoms with Crippen molar-refractivity contribution in [3.05, 3.63) is 46.7 Å². The summed E-state index contributed by atoms with van der Waals surface area (Å²) in [4.78, 5) is 0. The molecule has 0 heterocycles. The average Bonchev–Trinajstić information content (AvgIpc) is 2.27. The first-order chi connectivity index (χ1) is 8.45. The first kappa shape index (κ1) is 14.7. The third kappa shape index (κ3) is 3.81. The Morgan fingerprint density at radius 3 is 2.72 bits per heavy atom. The fraction of sp³-hybridized carbons (Fsp3) is 0.333. The van der Waals surface area contributed by atoms with Crippen molar-refractivity contribution in [1.29, 1.82) is 0 Å². The van der Waals surface area contributed by atoms with Gasteiger partial charge in [-0.05, 0) is 48.3 Å². The maximum Gasteiger partial charge on any atom is 0.112 e. The van der Waals surface area contributed by atoms with Crippen molar-refractivity contribution in [2.75, 3.05) is 12.3 Å². The fourth-order valence-electron chi connectivity index (χ4n) is 1.63. The Labute approximate surface area is 114 Å². The predicted octanol–water partition coefficient (Wildman–Crippen LogP) is 4.61. The van der Waals surface area contributed by atoms with E-state index in [0.717, 1.165) is 11.1 Å². The predicted molar refractivity (Wildman–Crippen MR) is 79.8 cm³/mol. The maximum absolute atomic E-state index is 6.16. The first-order valence-corrected chi connectivity index (χ1v) is 6.42. The van der Waals surface area contributed by atoms with E-state index < -0.39 is 0 Å². The molecule has 0 aromatic heterocycles.